The van der Waals surface area contributed by atoms with Crippen LogP contribution in [0.25, 0.3) is 0 Å². The van der Waals surface area contributed by atoms with Gasteiger partial charge in [-0.15, -0.1) is 0 Å². The molecule has 2 N–H and O–H groups in total. The van der Waals surface area contributed by atoms with Gasteiger partial charge >= 0.3 is 0 Å². The Bertz CT molecular complexity index is 201. The molecule has 0 aromatic heterocycles. The van der Waals surface area contributed by atoms with Gasteiger partial charge in [0.2, 0.25) is 5.91 Å². The second kappa shape index (κ2) is 5.02. The molecule has 1 rings (SSSR count). The van der Waals surface area contributed by atoms with Crippen molar-refractivity contribution >= 4 is 5.91 Å². The van der Waals surface area contributed by atoms with Gasteiger partial charge < -0.3 is 10.6 Å². The molecule has 3 nitrogen and oxygen atoms in total. The van der Waals surface area contributed by atoms with E-state index in [4.69, 9.17) is 0 Å². The monoisotopic (exact) mass is 182 g/mol. The molecule has 1 fully saturated rings. The van der Waals surface area contributed by atoms with Crippen LogP contribution in [-0.4, -0.2) is 25.0 Å². The number of rotatable bonds is 3. The summed E-state index contributed by atoms with van der Waals surface area (Å²) >= 11 is 0. The van der Waals surface area contributed by atoms with Gasteiger partial charge in [0, 0.05) is 6.54 Å². The first kappa shape index (κ1) is 10.3. The Kier molecular flexibility index (Phi) is 3.96. The molecule has 1 amide bonds. The number of amides is 1. The minimum absolute atomic E-state index is 0.0468. The van der Waals surface area contributed by atoms with Crippen LogP contribution in [0.3, 0.4) is 0 Å². The Morgan fingerprint density at radius 1 is 1.62 bits per heavy atom. The zero-order chi connectivity index (χ0) is 9.68. The number of carbonyl (C=O) groups is 1. The SMILES string of the molecule is CC(C)=CCNC(=O)C1CCCN1. The Labute approximate surface area is 79.6 Å². The molecular weight excluding hydrogens is 164 g/mol. The first-order chi connectivity index (χ1) is 6.20. The van der Waals surface area contributed by atoms with E-state index < -0.39 is 0 Å². The number of hydrogen-bond acceptors (Lipinski definition) is 2. The molecule has 1 aliphatic rings. The molecule has 0 aliphatic carbocycles. The number of allylic oxidation sites excluding steroid dienone is 1. The highest BCUT2D eigenvalue weighted by atomic mass is 16.2. The molecule has 1 heterocycles. The van der Waals surface area contributed by atoms with E-state index in [9.17, 15) is 4.79 Å². The van der Waals surface area contributed by atoms with Gasteiger partial charge in [-0.2, -0.15) is 0 Å². The van der Waals surface area contributed by atoms with E-state index in [-0.39, 0.29) is 11.9 Å². The average molecular weight is 182 g/mol. The summed E-state index contributed by atoms with van der Waals surface area (Å²) in [6.07, 6.45) is 4.11. The third-order valence-electron chi connectivity index (χ3n) is 2.16. The molecule has 0 spiro atoms. The van der Waals surface area contributed by atoms with E-state index in [0.717, 1.165) is 19.4 Å². The minimum atomic E-state index is 0.0468. The first-order valence-corrected chi connectivity index (χ1v) is 4.84. The molecule has 1 saturated heterocycles. The summed E-state index contributed by atoms with van der Waals surface area (Å²) in [6, 6.07) is 0.0468. The van der Waals surface area contributed by atoms with Crippen molar-refractivity contribution in [1.29, 1.82) is 0 Å². The summed E-state index contributed by atoms with van der Waals surface area (Å²) in [5.41, 5.74) is 1.24. The first-order valence-electron chi connectivity index (χ1n) is 4.84. The van der Waals surface area contributed by atoms with Crippen molar-refractivity contribution in [2.45, 2.75) is 32.7 Å². The Balaban J connectivity index is 2.21. The highest BCUT2D eigenvalue weighted by molar-refractivity contribution is 5.82. The van der Waals surface area contributed by atoms with E-state index in [1.165, 1.54) is 5.57 Å². The van der Waals surface area contributed by atoms with Crippen LogP contribution in [-0.2, 0) is 4.79 Å². The van der Waals surface area contributed by atoms with Crippen LogP contribution < -0.4 is 10.6 Å². The van der Waals surface area contributed by atoms with Crippen LogP contribution in [0.4, 0.5) is 0 Å². The maximum Gasteiger partial charge on any atom is 0.237 e. The van der Waals surface area contributed by atoms with Crippen molar-refractivity contribution in [3.05, 3.63) is 11.6 Å². The predicted molar refractivity (Wildman–Crippen MR) is 53.5 cm³/mol. The molecule has 13 heavy (non-hydrogen) atoms. The van der Waals surface area contributed by atoms with Gasteiger partial charge in [-0.3, -0.25) is 4.79 Å². The van der Waals surface area contributed by atoms with Crippen molar-refractivity contribution < 1.29 is 4.79 Å². The number of carbonyl (C=O) groups excluding carboxylic acids is 1. The van der Waals surface area contributed by atoms with Crippen LogP contribution in [0, 0.1) is 0 Å². The van der Waals surface area contributed by atoms with Crippen LogP contribution in [0.2, 0.25) is 0 Å². The lowest BCUT2D eigenvalue weighted by Gasteiger charge is -2.09. The van der Waals surface area contributed by atoms with E-state index in [1.807, 2.05) is 19.9 Å². The predicted octanol–water partition coefficient (Wildman–Crippen LogP) is 0.821. The highest BCUT2D eigenvalue weighted by Crippen LogP contribution is 2.04. The van der Waals surface area contributed by atoms with E-state index in [1.54, 1.807) is 0 Å². The number of nitrogens with one attached hydrogen (secondary N) is 2. The summed E-state index contributed by atoms with van der Waals surface area (Å²) in [4.78, 5) is 11.4. The van der Waals surface area contributed by atoms with Crippen molar-refractivity contribution in [2.24, 2.45) is 0 Å². The normalized spacial score (nSPS) is 21.2. The molecule has 1 atom stereocenters. The zero-order valence-electron chi connectivity index (χ0n) is 8.39. The van der Waals surface area contributed by atoms with E-state index in [0.29, 0.717) is 6.54 Å². The van der Waals surface area contributed by atoms with Crippen molar-refractivity contribution in [2.75, 3.05) is 13.1 Å². The third-order valence-corrected chi connectivity index (χ3v) is 2.16. The fourth-order valence-corrected chi connectivity index (χ4v) is 1.39. The molecule has 0 aromatic rings. The molecule has 0 radical (unpaired) electrons. The zero-order valence-corrected chi connectivity index (χ0v) is 8.39. The maximum absolute atomic E-state index is 11.4. The standard InChI is InChI=1S/C10H18N2O/c1-8(2)5-7-12-10(13)9-4-3-6-11-9/h5,9,11H,3-4,6-7H2,1-2H3,(H,12,13). The largest absolute Gasteiger partial charge is 0.351 e. The molecule has 1 aliphatic heterocycles. The van der Waals surface area contributed by atoms with Gasteiger partial charge in [-0.05, 0) is 33.2 Å². The maximum atomic E-state index is 11.4. The van der Waals surface area contributed by atoms with Gasteiger partial charge in [-0.25, -0.2) is 0 Å². The van der Waals surface area contributed by atoms with E-state index >= 15 is 0 Å². The molecule has 0 aromatic carbocycles. The number of hydrogen-bond donors (Lipinski definition) is 2. The molecule has 3 heteroatoms. The lowest BCUT2D eigenvalue weighted by atomic mass is 10.2. The Morgan fingerprint density at radius 3 is 2.92 bits per heavy atom. The Hall–Kier alpha value is -0.830. The highest BCUT2D eigenvalue weighted by Gasteiger charge is 2.20. The lowest BCUT2D eigenvalue weighted by molar-refractivity contribution is -0.122. The lowest BCUT2D eigenvalue weighted by Crippen LogP contribution is -2.40. The quantitative estimate of drug-likeness (QED) is 0.634. The van der Waals surface area contributed by atoms with E-state index in [2.05, 4.69) is 10.6 Å². The second-order valence-corrected chi connectivity index (χ2v) is 3.68. The summed E-state index contributed by atoms with van der Waals surface area (Å²) in [5.74, 6) is 0.134. The van der Waals surface area contributed by atoms with Crippen LogP contribution >= 0.6 is 0 Å². The molecular formula is C10H18N2O. The summed E-state index contributed by atoms with van der Waals surface area (Å²) < 4.78 is 0. The molecule has 0 bridgehead atoms. The average Bonchev–Trinajstić information content (AvgIpc) is 2.55. The van der Waals surface area contributed by atoms with Gasteiger partial charge in [0.05, 0.1) is 6.04 Å². The van der Waals surface area contributed by atoms with Gasteiger partial charge in [0.15, 0.2) is 0 Å². The summed E-state index contributed by atoms with van der Waals surface area (Å²) in [7, 11) is 0. The molecule has 0 saturated carbocycles. The van der Waals surface area contributed by atoms with Gasteiger partial charge in [0.1, 0.15) is 0 Å². The van der Waals surface area contributed by atoms with Gasteiger partial charge in [0.25, 0.3) is 0 Å². The van der Waals surface area contributed by atoms with Crippen LogP contribution in [0.15, 0.2) is 11.6 Å². The topological polar surface area (TPSA) is 41.1 Å². The third kappa shape index (κ3) is 3.59. The smallest absolute Gasteiger partial charge is 0.237 e. The van der Waals surface area contributed by atoms with Crippen molar-refractivity contribution in [3.8, 4) is 0 Å². The van der Waals surface area contributed by atoms with Crippen molar-refractivity contribution in [1.82, 2.24) is 10.6 Å². The van der Waals surface area contributed by atoms with Gasteiger partial charge in [-0.1, -0.05) is 11.6 Å². The Morgan fingerprint density at radius 2 is 2.38 bits per heavy atom. The van der Waals surface area contributed by atoms with Crippen molar-refractivity contribution in [3.63, 3.8) is 0 Å². The molecule has 74 valence electrons. The fourth-order valence-electron chi connectivity index (χ4n) is 1.39. The minimum Gasteiger partial charge on any atom is -0.351 e. The van der Waals surface area contributed by atoms with Crippen LogP contribution in [0.1, 0.15) is 26.7 Å². The second-order valence-electron chi connectivity index (χ2n) is 3.68. The fraction of sp³-hybridized carbons (Fsp3) is 0.700. The molecule has 1 unspecified atom stereocenters. The van der Waals surface area contributed by atoms with Crippen LogP contribution in [0.5, 0.6) is 0 Å². The summed E-state index contributed by atoms with van der Waals surface area (Å²) in [5, 5.41) is 6.04. The summed E-state index contributed by atoms with van der Waals surface area (Å²) in [6.45, 7) is 5.68.